The van der Waals surface area contributed by atoms with Crippen LogP contribution in [0, 0.1) is 12.7 Å². The number of anilines is 2. The van der Waals surface area contributed by atoms with Crippen LogP contribution in [0.5, 0.6) is 11.5 Å². The zero-order chi connectivity index (χ0) is 24.6. The minimum Gasteiger partial charge on any atom is -0.494 e. The maximum Gasteiger partial charge on any atom is 0.149 e. The fraction of sp³-hybridized carbons (Fsp3) is 0.440. The molecule has 8 nitrogen and oxygen atoms in total. The molecule has 2 aliphatic rings. The molecular formula is C25H29FN4O4S. The van der Waals surface area contributed by atoms with Crippen LogP contribution in [0.4, 0.5) is 21.6 Å². The lowest BCUT2D eigenvalue weighted by Gasteiger charge is -2.27. The number of halogens is 1. The Balaban J connectivity index is 1.53. The van der Waals surface area contributed by atoms with Gasteiger partial charge >= 0.3 is 0 Å². The van der Waals surface area contributed by atoms with Gasteiger partial charge in [0.05, 0.1) is 40.3 Å². The van der Waals surface area contributed by atoms with Gasteiger partial charge in [-0.15, -0.1) is 0 Å². The number of fused-ring (bicyclic) bond motifs is 1. The molecule has 35 heavy (non-hydrogen) atoms. The van der Waals surface area contributed by atoms with Crippen molar-refractivity contribution < 1.29 is 23.2 Å². The topological polar surface area (TPSA) is 106 Å². The Hall–Kier alpha value is -2.98. The number of methoxy groups -OCH3 is 1. The first-order valence-electron chi connectivity index (χ1n) is 11.8. The highest BCUT2D eigenvalue weighted by Crippen LogP contribution is 2.41. The molecule has 3 aromatic rings. The van der Waals surface area contributed by atoms with Gasteiger partial charge < -0.3 is 19.9 Å². The lowest BCUT2D eigenvalue weighted by molar-refractivity contribution is 0.0668. The van der Waals surface area contributed by atoms with Gasteiger partial charge in [-0.2, -0.15) is 4.36 Å². The quantitative estimate of drug-likeness (QED) is 0.490. The van der Waals surface area contributed by atoms with Crippen molar-refractivity contribution in [1.29, 1.82) is 0 Å². The second-order valence-electron chi connectivity index (χ2n) is 9.11. The predicted molar refractivity (Wildman–Crippen MR) is 134 cm³/mol. The van der Waals surface area contributed by atoms with E-state index in [1.165, 1.54) is 18.5 Å². The SMILES string of the molecule is COc1c(N=S2(=O)CCC2)cc2ncnc(Nc3ccc(F)cc3O[C@H]3CC[C@H](O)CC3)c2c1C. The number of benzene rings is 2. The smallest absolute Gasteiger partial charge is 0.149 e. The molecule has 2 N–H and O–H groups in total. The van der Waals surface area contributed by atoms with E-state index < -0.39 is 15.5 Å². The minimum atomic E-state index is -2.23. The fourth-order valence-electron chi connectivity index (χ4n) is 4.63. The van der Waals surface area contributed by atoms with Crippen LogP contribution in [0.15, 0.2) is 35.0 Å². The summed E-state index contributed by atoms with van der Waals surface area (Å²) in [5, 5.41) is 13.8. The Morgan fingerprint density at radius 1 is 1.17 bits per heavy atom. The summed E-state index contributed by atoms with van der Waals surface area (Å²) in [5.74, 6) is 2.22. The van der Waals surface area contributed by atoms with E-state index in [4.69, 9.17) is 9.47 Å². The number of aliphatic hydroxyl groups excluding tert-OH is 1. The largest absolute Gasteiger partial charge is 0.494 e. The molecule has 1 saturated heterocycles. The van der Waals surface area contributed by atoms with Crippen LogP contribution >= 0.6 is 0 Å². The van der Waals surface area contributed by atoms with Crippen LogP contribution in [0.1, 0.15) is 37.7 Å². The summed E-state index contributed by atoms with van der Waals surface area (Å²) in [5.41, 5.74) is 2.49. The number of rotatable bonds is 6. The summed E-state index contributed by atoms with van der Waals surface area (Å²) >= 11 is 0. The molecule has 0 bridgehead atoms. The molecule has 1 aliphatic carbocycles. The first-order valence-corrected chi connectivity index (χ1v) is 13.7. The summed E-state index contributed by atoms with van der Waals surface area (Å²) in [6, 6.07) is 6.11. The van der Waals surface area contributed by atoms with Gasteiger partial charge in [0.25, 0.3) is 0 Å². The van der Waals surface area contributed by atoms with E-state index in [0.29, 0.717) is 71.4 Å². The third-order valence-corrected chi connectivity index (χ3v) is 9.01. The number of nitrogens with zero attached hydrogens (tertiary/aromatic N) is 3. The zero-order valence-corrected chi connectivity index (χ0v) is 20.6. The first kappa shape index (κ1) is 23.7. The van der Waals surface area contributed by atoms with Crippen LogP contribution in [0.2, 0.25) is 0 Å². The predicted octanol–water partition coefficient (Wildman–Crippen LogP) is 5.02. The molecule has 10 heteroatoms. The molecule has 0 atom stereocenters. The summed E-state index contributed by atoms with van der Waals surface area (Å²) in [7, 11) is -0.668. The van der Waals surface area contributed by atoms with Crippen LogP contribution < -0.4 is 14.8 Å². The Morgan fingerprint density at radius 2 is 1.94 bits per heavy atom. The summed E-state index contributed by atoms with van der Waals surface area (Å²) < 4.78 is 43.2. The number of hydrogen-bond donors (Lipinski definition) is 2. The summed E-state index contributed by atoms with van der Waals surface area (Å²) in [6.45, 7) is 1.89. The van der Waals surface area contributed by atoms with E-state index in [1.54, 1.807) is 19.2 Å². The molecule has 5 rings (SSSR count). The molecule has 1 saturated carbocycles. The van der Waals surface area contributed by atoms with E-state index in [9.17, 15) is 13.7 Å². The molecule has 0 amide bonds. The number of hydrogen-bond acceptors (Lipinski definition) is 8. The Bertz CT molecular complexity index is 1370. The van der Waals surface area contributed by atoms with E-state index in [0.717, 1.165) is 17.4 Å². The molecule has 1 aliphatic heterocycles. The Morgan fingerprint density at radius 3 is 2.63 bits per heavy atom. The highest BCUT2D eigenvalue weighted by atomic mass is 32.2. The second-order valence-corrected chi connectivity index (χ2v) is 11.7. The van der Waals surface area contributed by atoms with Crippen LogP contribution in [0.25, 0.3) is 10.9 Å². The maximum atomic E-state index is 14.1. The van der Waals surface area contributed by atoms with Crippen molar-refractivity contribution in [2.75, 3.05) is 23.9 Å². The van der Waals surface area contributed by atoms with E-state index >= 15 is 0 Å². The average Bonchev–Trinajstić information content (AvgIpc) is 2.81. The van der Waals surface area contributed by atoms with Gasteiger partial charge in [0.1, 0.15) is 35.1 Å². The van der Waals surface area contributed by atoms with Gasteiger partial charge in [0.15, 0.2) is 0 Å². The lowest BCUT2D eigenvalue weighted by Crippen LogP contribution is -2.26. The number of ether oxygens (including phenoxy) is 2. The third-order valence-electron chi connectivity index (χ3n) is 6.63. The van der Waals surface area contributed by atoms with E-state index in [-0.39, 0.29) is 12.2 Å². The van der Waals surface area contributed by atoms with Gasteiger partial charge in [-0.3, -0.25) is 0 Å². The highest BCUT2D eigenvalue weighted by Gasteiger charge is 2.24. The molecule has 2 fully saturated rings. The molecule has 2 heterocycles. The van der Waals surface area contributed by atoms with Crippen LogP contribution in [0.3, 0.4) is 0 Å². The van der Waals surface area contributed by atoms with Crippen molar-refractivity contribution in [3.8, 4) is 11.5 Å². The molecule has 186 valence electrons. The normalized spacial score (nSPS) is 21.3. The molecule has 0 unspecified atom stereocenters. The number of aryl methyl sites for hydroxylation is 1. The maximum absolute atomic E-state index is 14.1. The van der Waals surface area contributed by atoms with Crippen molar-refractivity contribution in [2.24, 2.45) is 4.36 Å². The van der Waals surface area contributed by atoms with Gasteiger partial charge in [-0.1, -0.05) is 0 Å². The van der Waals surface area contributed by atoms with Gasteiger partial charge in [-0.25, -0.2) is 18.6 Å². The zero-order valence-electron chi connectivity index (χ0n) is 19.8. The highest BCUT2D eigenvalue weighted by molar-refractivity contribution is 7.95. The number of nitrogens with one attached hydrogen (secondary N) is 1. The number of aromatic nitrogens is 2. The molecule has 0 spiro atoms. The van der Waals surface area contributed by atoms with Crippen LogP contribution in [-0.2, 0) is 9.73 Å². The number of aliphatic hydroxyl groups is 1. The molecule has 0 radical (unpaired) electrons. The van der Waals surface area contributed by atoms with Crippen LogP contribution in [-0.4, -0.2) is 50.1 Å². The monoisotopic (exact) mass is 500 g/mol. The Labute approximate surface area is 204 Å². The molecule has 1 aromatic heterocycles. The van der Waals surface area contributed by atoms with Crippen molar-refractivity contribution in [1.82, 2.24) is 9.97 Å². The van der Waals surface area contributed by atoms with E-state index in [1.807, 2.05) is 6.92 Å². The van der Waals surface area contributed by atoms with Crippen molar-refractivity contribution in [3.05, 3.63) is 42.0 Å². The van der Waals surface area contributed by atoms with E-state index in [2.05, 4.69) is 19.6 Å². The van der Waals surface area contributed by atoms with Crippen molar-refractivity contribution in [2.45, 2.75) is 51.2 Å². The fourth-order valence-corrected chi connectivity index (χ4v) is 6.09. The summed E-state index contributed by atoms with van der Waals surface area (Å²) in [4.78, 5) is 8.86. The third kappa shape index (κ3) is 4.90. The average molecular weight is 501 g/mol. The first-order chi connectivity index (χ1) is 16.8. The second kappa shape index (κ2) is 9.58. The lowest BCUT2D eigenvalue weighted by atomic mass is 9.95. The minimum absolute atomic E-state index is 0.0951. The van der Waals surface area contributed by atoms with Gasteiger partial charge in [0, 0.05) is 28.5 Å². The standard InChI is InChI=1S/C25H29FN4O4S/c1-15-23-20(13-21(24(15)33-2)30-35(32)10-3-11-35)27-14-28-25(23)29-19-9-4-16(26)12-22(19)34-18-7-5-17(31)6-8-18/h4,9,12-14,17-18,31H,3,5-8,10-11H2,1-2H3,(H,27,28,29)/t17-,18-. The molecular weight excluding hydrogens is 471 g/mol. The van der Waals surface area contributed by atoms with Crippen molar-refractivity contribution in [3.63, 3.8) is 0 Å². The molecule has 2 aromatic carbocycles. The summed E-state index contributed by atoms with van der Waals surface area (Å²) in [6.07, 6.45) is 4.70. The van der Waals surface area contributed by atoms with Crippen molar-refractivity contribution >= 4 is 37.8 Å². The Kier molecular flexibility index (Phi) is 6.50. The van der Waals surface area contributed by atoms with Gasteiger partial charge in [-0.05, 0) is 57.2 Å². The van der Waals surface area contributed by atoms with Gasteiger partial charge in [0.2, 0.25) is 0 Å².